The van der Waals surface area contributed by atoms with Crippen LogP contribution >= 0.6 is 0 Å². The van der Waals surface area contributed by atoms with E-state index in [0.717, 1.165) is 19.5 Å². The number of hydrogen-bond acceptors (Lipinski definition) is 4. The highest BCUT2D eigenvalue weighted by atomic mass is 16.5. The van der Waals surface area contributed by atoms with Gasteiger partial charge in [0.1, 0.15) is 0 Å². The first kappa shape index (κ1) is 14.0. The van der Waals surface area contributed by atoms with Gasteiger partial charge in [-0.2, -0.15) is 0 Å². The highest BCUT2D eigenvalue weighted by Crippen LogP contribution is 2.27. The maximum absolute atomic E-state index is 11.6. The quantitative estimate of drug-likeness (QED) is 0.626. The maximum atomic E-state index is 11.6. The molecule has 5 heteroatoms. The second-order valence-electron chi connectivity index (χ2n) is 4.53. The van der Waals surface area contributed by atoms with Crippen LogP contribution in [0.2, 0.25) is 0 Å². The predicted molar refractivity (Wildman–Crippen MR) is 64.5 cm³/mol. The summed E-state index contributed by atoms with van der Waals surface area (Å²) in [5.41, 5.74) is 0. The molecular formula is C12H22N2O3. The molecule has 1 saturated carbocycles. The number of nitrogens with zero attached hydrogens (tertiary/aromatic N) is 1. The van der Waals surface area contributed by atoms with Crippen molar-refractivity contribution in [1.82, 2.24) is 10.2 Å². The summed E-state index contributed by atoms with van der Waals surface area (Å²) in [6.45, 7) is 3.98. The van der Waals surface area contributed by atoms with Crippen molar-refractivity contribution in [3.05, 3.63) is 0 Å². The zero-order valence-electron chi connectivity index (χ0n) is 10.7. The molecule has 1 N–H and O–H groups in total. The summed E-state index contributed by atoms with van der Waals surface area (Å²) in [7, 11) is 1.36. The molecule has 0 aromatic heterocycles. The Morgan fingerprint density at radius 2 is 2.06 bits per heavy atom. The molecule has 1 fully saturated rings. The zero-order valence-corrected chi connectivity index (χ0v) is 10.7. The third-order valence-corrected chi connectivity index (χ3v) is 2.77. The second kappa shape index (κ2) is 7.27. The van der Waals surface area contributed by atoms with E-state index < -0.39 is 0 Å². The minimum absolute atomic E-state index is 0.00532. The monoisotopic (exact) mass is 242 g/mol. The van der Waals surface area contributed by atoms with Gasteiger partial charge < -0.3 is 10.1 Å². The molecule has 1 aliphatic carbocycles. The molecule has 0 spiro atoms. The Morgan fingerprint density at radius 3 is 2.59 bits per heavy atom. The minimum Gasteiger partial charge on any atom is -0.468 e. The third kappa shape index (κ3) is 6.26. The van der Waals surface area contributed by atoms with Crippen LogP contribution in [0.4, 0.5) is 0 Å². The molecule has 98 valence electrons. The van der Waals surface area contributed by atoms with E-state index in [0.29, 0.717) is 5.92 Å². The predicted octanol–water partition coefficient (Wildman–Crippen LogP) is 0.398. The lowest BCUT2D eigenvalue weighted by Gasteiger charge is -2.19. The average molecular weight is 242 g/mol. The van der Waals surface area contributed by atoms with Gasteiger partial charge in [0.05, 0.1) is 20.2 Å². The summed E-state index contributed by atoms with van der Waals surface area (Å²) in [4.78, 5) is 24.6. The van der Waals surface area contributed by atoms with Gasteiger partial charge in [-0.1, -0.05) is 6.92 Å². The first-order valence-electron chi connectivity index (χ1n) is 6.21. The Bertz CT molecular complexity index is 264. The molecule has 17 heavy (non-hydrogen) atoms. The van der Waals surface area contributed by atoms with Crippen molar-refractivity contribution >= 4 is 11.9 Å². The molecule has 1 rings (SSSR count). The van der Waals surface area contributed by atoms with Gasteiger partial charge in [-0.05, 0) is 31.7 Å². The summed E-state index contributed by atoms with van der Waals surface area (Å²) in [5.74, 6) is 0.377. The maximum Gasteiger partial charge on any atom is 0.319 e. The fourth-order valence-corrected chi connectivity index (χ4v) is 1.62. The Morgan fingerprint density at radius 1 is 1.35 bits per heavy atom. The van der Waals surface area contributed by atoms with Crippen LogP contribution in [0.25, 0.3) is 0 Å². The molecular weight excluding hydrogens is 220 g/mol. The molecule has 0 aromatic rings. The largest absolute Gasteiger partial charge is 0.468 e. The number of carbonyl (C=O) groups is 2. The van der Waals surface area contributed by atoms with Crippen molar-refractivity contribution in [2.45, 2.75) is 26.2 Å². The van der Waals surface area contributed by atoms with E-state index in [2.05, 4.69) is 10.1 Å². The number of ether oxygens (including phenoxy) is 1. The van der Waals surface area contributed by atoms with E-state index in [4.69, 9.17) is 0 Å². The van der Waals surface area contributed by atoms with Gasteiger partial charge >= 0.3 is 5.97 Å². The van der Waals surface area contributed by atoms with E-state index in [1.165, 1.54) is 20.0 Å². The van der Waals surface area contributed by atoms with E-state index in [1.807, 2.05) is 11.8 Å². The van der Waals surface area contributed by atoms with Crippen LogP contribution in [-0.2, 0) is 14.3 Å². The Kier molecular flexibility index (Phi) is 5.97. The molecule has 0 heterocycles. The van der Waals surface area contributed by atoms with Crippen LogP contribution < -0.4 is 5.32 Å². The zero-order chi connectivity index (χ0) is 12.7. The SMILES string of the molecule is CCCN(CC(=O)NCC1CC1)CC(=O)OC. The Labute approximate surface area is 102 Å². The van der Waals surface area contributed by atoms with Crippen LogP contribution in [0, 0.1) is 5.92 Å². The standard InChI is InChI=1S/C12H22N2O3/c1-3-6-14(9-12(16)17-2)8-11(15)13-7-10-4-5-10/h10H,3-9H2,1-2H3,(H,13,15). The minimum atomic E-state index is -0.298. The molecule has 0 saturated heterocycles. The Hall–Kier alpha value is -1.10. The van der Waals surface area contributed by atoms with Gasteiger partial charge in [0, 0.05) is 6.54 Å². The molecule has 0 aliphatic heterocycles. The van der Waals surface area contributed by atoms with Gasteiger partial charge in [-0.25, -0.2) is 0 Å². The highest BCUT2D eigenvalue weighted by molar-refractivity contribution is 5.79. The van der Waals surface area contributed by atoms with Crippen molar-refractivity contribution in [3.63, 3.8) is 0 Å². The number of amides is 1. The third-order valence-electron chi connectivity index (χ3n) is 2.77. The van der Waals surface area contributed by atoms with Crippen LogP contribution in [0.1, 0.15) is 26.2 Å². The molecule has 0 radical (unpaired) electrons. The van der Waals surface area contributed by atoms with E-state index in [1.54, 1.807) is 0 Å². The number of rotatable bonds is 8. The molecule has 0 bridgehead atoms. The van der Waals surface area contributed by atoms with E-state index >= 15 is 0 Å². The molecule has 0 unspecified atom stereocenters. The first-order valence-corrected chi connectivity index (χ1v) is 6.21. The van der Waals surface area contributed by atoms with Gasteiger partial charge in [0.2, 0.25) is 5.91 Å². The topological polar surface area (TPSA) is 58.6 Å². The summed E-state index contributed by atoms with van der Waals surface area (Å²) in [6, 6.07) is 0. The number of methoxy groups -OCH3 is 1. The van der Waals surface area contributed by atoms with Crippen molar-refractivity contribution in [1.29, 1.82) is 0 Å². The Balaban J connectivity index is 2.24. The summed E-state index contributed by atoms with van der Waals surface area (Å²) in [5, 5.41) is 2.89. The van der Waals surface area contributed by atoms with Crippen molar-refractivity contribution in [2.75, 3.05) is 33.3 Å². The molecule has 0 aromatic carbocycles. The highest BCUT2D eigenvalue weighted by Gasteiger charge is 2.22. The van der Waals surface area contributed by atoms with Crippen molar-refractivity contribution in [2.24, 2.45) is 5.92 Å². The van der Waals surface area contributed by atoms with Gasteiger partial charge in [-0.3, -0.25) is 14.5 Å². The smallest absolute Gasteiger partial charge is 0.319 e. The summed E-state index contributed by atoms with van der Waals surface area (Å²) in [6.07, 6.45) is 3.36. The lowest BCUT2D eigenvalue weighted by Crippen LogP contribution is -2.41. The molecule has 5 nitrogen and oxygen atoms in total. The number of hydrogen-bond donors (Lipinski definition) is 1. The normalized spacial score (nSPS) is 14.8. The van der Waals surface area contributed by atoms with Crippen LogP contribution in [0.15, 0.2) is 0 Å². The molecule has 1 aliphatic rings. The van der Waals surface area contributed by atoms with Crippen LogP contribution in [0.5, 0.6) is 0 Å². The fraction of sp³-hybridized carbons (Fsp3) is 0.833. The van der Waals surface area contributed by atoms with Gasteiger partial charge in [0.15, 0.2) is 0 Å². The van der Waals surface area contributed by atoms with E-state index in [-0.39, 0.29) is 25.0 Å². The first-order chi connectivity index (χ1) is 8.15. The summed E-state index contributed by atoms with van der Waals surface area (Å²) < 4.78 is 4.60. The average Bonchev–Trinajstić information content (AvgIpc) is 3.10. The van der Waals surface area contributed by atoms with Gasteiger partial charge in [0.25, 0.3) is 0 Å². The van der Waals surface area contributed by atoms with Crippen LogP contribution in [-0.4, -0.2) is 50.1 Å². The van der Waals surface area contributed by atoms with Crippen molar-refractivity contribution < 1.29 is 14.3 Å². The lowest BCUT2D eigenvalue weighted by molar-refractivity contribution is -0.142. The number of esters is 1. The van der Waals surface area contributed by atoms with E-state index in [9.17, 15) is 9.59 Å². The van der Waals surface area contributed by atoms with Crippen LogP contribution in [0.3, 0.4) is 0 Å². The molecule has 1 amide bonds. The fourth-order valence-electron chi connectivity index (χ4n) is 1.62. The van der Waals surface area contributed by atoms with Crippen molar-refractivity contribution in [3.8, 4) is 0 Å². The molecule has 0 atom stereocenters. The number of nitrogens with one attached hydrogen (secondary N) is 1. The second-order valence-corrected chi connectivity index (χ2v) is 4.53. The lowest BCUT2D eigenvalue weighted by atomic mass is 10.3. The number of carbonyl (C=O) groups excluding carboxylic acids is 2. The summed E-state index contributed by atoms with van der Waals surface area (Å²) >= 11 is 0. The van der Waals surface area contributed by atoms with Gasteiger partial charge in [-0.15, -0.1) is 0 Å².